The average Bonchev–Trinajstić information content (AvgIpc) is 2.46. The van der Waals surface area contributed by atoms with Gasteiger partial charge < -0.3 is 5.11 Å². The molecule has 0 unspecified atom stereocenters. The minimum Gasteiger partial charge on any atom is -0.392 e. The highest BCUT2D eigenvalue weighted by atomic mass is 32.2. The molecular formula is C15H17NO3S. The van der Waals surface area contributed by atoms with Crippen molar-refractivity contribution in [3.63, 3.8) is 0 Å². The van der Waals surface area contributed by atoms with Crippen molar-refractivity contribution in [2.75, 3.05) is 0 Å². The van der Waals surface area contributed by atoms with Gasteiger partial charge in [-0.2, -0.15) is 0 Å². The number of aliphatic hydroxyl groups is 1. The van der Waals surface area contributed by atoms with Gasteiger partial charge in [0.05, 0.1) is 11.5 Å². The average molecular weight is 291 g/mol. The van der Waals surface area contributed by atoms with Crippen LogP contribution >= 0.6 is 0 Å². The molecule has 2 N–H and O–H groups in total. The summed E-state index contributed by atoms with van der Waals surface area (Å²) in [6, 6.07) is 14.1. The number of sulfonamides is 1. The van der Waals surface area contributed by atoms with E-state index in [1.807, 2.05) is 31.2 Å². The number of aliphatic hydroxyl groups excluding tert-OH is 1. The second kappa shape index (κ2) is 6.17. The lowest BCUT2D eigenvalue weighted by Gasteiger charge is -2.10. The number of hydrogen-bond acceptors (Lipinski definition) is 3. The van der Waals surface area contributed by atoms with Crippen LogP contribution in [0.15, 0.2) is 53.4 Å². The zero-order valence-corrected chi connectivity index (χ0v) is 12.0. The van der Waals surface area contributed by atoms with Crippen LogP contribution in [0.3, 0.4) is 0 Å². The Balaban J connectivity index is 2.17. The highest BCUT2D eigenvalue weighted by Gasteiger charge is 2.17. The highest BCUT2D eigenvalue weighted by Crippen LogP contribution is 2.15. The molecular weight excluding hydrogens is 274 g/mol. The lowest BCUT2D eigenvalue weighted by molar-refractivity contribution is 0.278. The van der Waals surface area contributed by atoms with E-state index in [0.29, 0.717) is 5.56 Å². The third-order valence-corrected chi connectivity index (χ3v) is 4.52. The fraction of sp³-hybridized carbons (Fsp3) is 0.200. The van der Waals surface area contributed by atoms with Crippen LogP contribution in [0.4, 0.5) is 0 Å². The highest BCUT2D eigenvalue weighted by molar-refractivity contribution is 7.89. The van der Waals surface area contributed by atoms with Crippen LogP contribution in [0, 0.1) is 6.92 Å². The fourth-order valence-electron chi connectivity index (χ4n) is 1.86. The van der Waals surface area contributed by atoms with Crippen molar-refractivity contribution in [3.05, 3.63) is 65.2 Å². The smallest absolute Gasteiger partial charge is 0.241 e. The summed E-state index contributed by atoms with van der Waals surface area (Å²) in [6.45, 7) is 1.90. The summed E-state index contributed by atoms with van der Waals surface area (Å²) < 4.78 is 27.0. The molecule has 0 amide bonds. The van der Waals surface area contributed by atoms with Crippen molar-refractivity contribution >= 4 is 10.0 Å². The lowest BCUT2D eigenvalue weighted by atomic mass is 10.2. The minimum absolute atomic E-state index is 0.120. The molecule has 0 saturated carbocycles. The second-order valence-electron chi connectivity index (χ2n) is 4.58. The molecule has 2 rings (SSSR count). The maximum atomic E-state index is 12.2. The summed E-state index contributed by atoms with van der Waals surface area (Å²) in [5, 5.41) is 9.21. The van der Waals surface area contributed by atoms with Gasteiger partial charge in [0.25, 0.3) is 0 Å². The monoisotopic (exact) mass is 291 g/mol. The summed E-state index contributed by atoms with van der Waals surface area (Å²) in [6.07, 6.45) is 0. The quantitative estimate of drug-likeness (QED) is 0.885. The van der Waals surface area contributed by atoms with Crippen LogP contribution in [0.2, 0.25) is 0 Å². The summed E-state index contributed by atoms with van der Waals surface area (Å²) in [5.74, 6) is 0. The maximum Gasteiger partial charge on any atom is 0.241 e. The Morgan fingerprint density at radius 1 is 1.05 bits per heavy atom. The molecule has 2 aromatic carbocycles. The Morgan fingerprint density at radius 2 is 1.70 bits per heavy atom. The van der Waals surface area contributed by atoms with E-state index in [4.69, 9.17) is 0 Å². The lowest BCUT2D eigenvalue weighted by Crippen LogP contribution is -2.24. The van der Waals surface area contributed by atoms with Crippen LogP contribution in [0.25, 0.3) is 0 Å². The van der Waals surface area contributed by atoms with Gasteiger partial charge in [0.1, 0.15) is 0 Å². The van der Waals surface area contributed by atoms with Gasteiger partial charge in [0.15, 0.2) is 0 Å². The number of nitrogens with one attached hydrogen (secondary N) is 1. The SMILES string of the molecule is Cc1ccc(CNS(=O)(=O)c2ccccc2CO)cc1. The van der Waals surface area contributed by atoms with E-state index < -0.39 is 10.0 Å². The van der Waals surface area contributed by atoms with Crippen LogP contribution in [0.5, 0.6) is 0 Å². The molecule has 0 fully saturated rings. The first kappa shape index (κ1) is 14.7. The van der Waals surface area contributed by atoms with Crippen molar-refractivity contribution in [2.45, 2.75) is 25.0 Å². The predicted molar refractivity (Wildman–Crippen MR) is 77.6 cm³/mol. The molecule has 0 radical (unpaired) electrons. The Kier molecular flexibility index (Phi) is 4.54. The van der Waals surface area contributed by atoms with Crippen LogP contribution in [-0.4, -0.2) is 13.5 Å². The topological polar surface area (TPSA) is 66.4 Å². The van der Waals surface area contributed by atoms with Gasteiger partial charge in [-0.25, -0.2) is 13.1 Å². The van der Waals surface area contributed by atoms with Crippen molar-refractivity contribution in [2.24, 2.45) is 0 Å². The molecule has 0 aliphatic carbocycles. The summed E-state index contributed by atoms with van der Waals surface area (Å²) in [7, 11) is -3.62. The summed E-state index contributed by atoms with van der Waals surface area (Å²) >= 11 is 0. The largest absolute Gasteiger partial charge is 0.392 e. The van der Waals surface area contributed by atoms with Gasteiger partial charge >= 0.3 is 0 Å². The van der Waals surface area contributed by atoms with E-state index in [9.17, 15) is 13.5 Å². The van der Waals surface area contributed by atoms with E-state index in [-0.39, 0.29) is 18.0 Å². The van der Waals surface area contributed by atoms with E-state index in [1.165, 1.54) is 6.07 Å². The van der Waals surface area contributed by atoms with Gasteiger partial charge in [-0.15, -0.1) is 0 Å². The van der Waals surface area contributed by atoms with Crippen LogP contribution in [-0.2, 0) is 23.2 Å². The number of aryl methyl sites for hydroxylation is 1. The molecule has 0 spiro atoms. The molecule has 0 heterocycles. The van der Waals surface area contributed by atoms with Gasteiger partial charge in [-0.1, -0.05) is 48.0 Å². The Bertz CT molecular complexity index is 679. The third-order valence-electron chi connectivity index (χ3n) is 3.02. The molecule has 106 valence electrons. The van der Waals surface area contributed by atoms with Gasteiger partial charge in [0.2, 0.25) is 10.0 Å². The predicted octanol–water partition coefficient (Wildman–Crippen LogP) is 1.97. The molecule has 0 bridgehead atoms. The van der Waals surface area contributed by atoms with Crippen LogP contribution < -0.4 is 4.72 Å². The van der Waals surface area contributed by atoms with Crippen LogP contribution in [0.1, 0.15) is 16.7 Å². The minimum atomic E-state index is -3.62. The molecule has 0 atom stereocenters. The number of rotatable bonds is 5. The van der Waals surface area contributed by atoms with Crippen molar-refractivity contribution in [3.8, 4) is 0 Å². The third kappa shape index (κ3) is 3.45. The zero-order chi connectivity index (χ0) is 14.6. The molecule has 0 aliphatic rings. The fourth-order valence-corrected chi connectivity index (χ4v) is 3.11. The molecule has 20 heavy (non-hydrogen) atoms. The van der Waals surface area contributed by atoms with Gasteiger partial charge in [-0.3, -0.25) is 0 Å². The molecule has 0 aliphatic heterocycles. The van der Waals surface area contributed by atoms with E-state index in [1.54, 1.807) is 18.2 Å². The second-order valence-corrected chi connectivity index (χ2v) is 6.31. The standard InChI is InChI=1S/C15H17NO3S/c1-12-6-8-13(9-7-12)10-16-20(18,19)15-5-3-2-4-14(15)11-17/h2-9,16-17H,10-11H2,1H3. The summed E-state index contributed by atoms with van der Waals surface area (Å²) in [4.78, 5) is 0.120. The van der Waals surface area contributed by atoms with E-state index in [0.717, 1.165) is 11.1 Å². The van der Waals surface area contributed by atoms with E-state index in [2.05, 4.69) is 4.72 Å². The van der Waals surface area contributed by atoms with Crippen molar-refractivity contribution < 1.29 is 13.5 Å². The molecule has 5 heteroatoms. The Labute approximate surface area is 119 Å². The molecule has 0 saturated heterocycles. The summed E-state index contributed by atoms with van der Waals surface area (Å²) in [5.41, 5.74) is 2.41. The molecule has 2 aromatic rings. The Hall–Kier alpha value is -1.69. The number of hydrogen-bond donors (Lipinski definition) is 2. The molecule has 4 nitrogen and oxygen atoms in total. The normalized spacial score (nSPS) is 11.5. The van der Waals surface area contributed by atoms with Gasteiger partial charge in [0, 0.05) is 6.54 Å². The number of benzene rings is 2. The maximum absolute atomic E-state index is 12.2. The van der Waals surface area contributed by atoms with Gasteiger partial charge in [-0.05, 0) is 24.1 Å². The first-order valence-corrected chi connectivity index (χ1v) is 7.75. The zero-order valence-electron chi connectivity index (χ0n) is 11.2. The Morgan fingerprint density at radius 3 is 2.35 bits per heavy atom. The van der Waals surface area contributed by atoms with Crippen molar-refractivity contribution in [1.82, 2.24) is 4.72 Å². The van der Waals surface area contributed by atoms with E-state index >= 15 is 0 Å². The first-order chi connectivity index (χ1) is 9.53. The molecule has 0 aromatic heterocycles. The first-order valence-electron chi connectivity index (χ1n) is 6.27. The van der Waals surface area contributed by atoms with Crippen molar-refractivity contribution in [1.29, 1.82) is 0 Å².